The third kappa shape index (κ3) is 6.19. The van der Waals surface area contributed by atoms with Crippen LogP contribution in [0.3, 0.4) is 0 Å². The summed E-state index contributed by atoms with van der Waals surface area (Å²) in [7, 11) is 0. The van der Waals surface area contributed by atoms with E-state index in [2.05, 4.69) is 22.3 Å². The van der Waals surface area contributed by atoms with Gasteiger partial charge in [0.25, 0.3) is 0 Å². The third-order valence-corrected chi connectivity index (χ3v) is 5.20. The number of alkyl halides is 3. The molecule has 156 valence electrons. The van der Waals surface area contributed by atoms with E-state index in [4.69, 9.17) is 11.6 Å². The number of anilines is 1. The van der Waals surface area contributed by atoms with Crippen molar-refractivity contribution in [2.75, 3.05) is 38.0 Å². The maximum Gasteiger partial charge on any atom is 0.418 e. The highest BCUT2D eigenvalue weighted by Gasteiger charge is 2.35. The molecule has 4 nitrogen and oxygen atoms in total. The van der Waals surface area contributed by atoms with Crippen LogP contribution < -0.4 is 5.32 Å². The monoisotopic (exact) mass is 425 g/mol. The minimum absolute atomic E-state index is 0.0295. The highest BCUT2D eigenvalue weighted by atomic mass is 35.5. The van der Waals surface area contributed by atoms with E-state index in [0.29, 0.717) is 13.1 Å². The Morgan fingerprint density at radius 1 is 0.966 bits per heavy atom. The minimum atomic E-state index is -4.59. The van der Waals surface area contributed by atoms with Crippen molar-refractivity contribution in [3.05, 3.63) is 64.7 Å². The first-order valence-corrected chi connectivity index (χ1v) is 9.85. The Hall–Kier alpha value is -2.09. The molecule has 1 heterocycles. The van der Waals surface area contributed by atoms with Gasteiger partial charge in [-0.15, -0.1) is 0 Å². The van der Waals surface area contributed by atoms with Crippen molar-refractivity contribution < 1.29 is 18.0 Å². The van der Waals surface area contributed by atoms with E-state index in [9.17, 15) is 18.0 Å². The average Bonchev–Trinajstić information content (AvgIpc) is 2.88. The quantitative estimate of drug-likeness (QED) is 0.765. The van der Waals surface area contributed by atoms with Crippen LogP contribution in [0.25, 0.3) is 0 Å². The van der Waals surface area contributed by atoms with Gasteiger partial charge in [-0.25, -0.2) is 0 Å². The molecule has 0 spiro atoms. The maximum atomic E-state index is 13.2. The molecule has 0 unspecified atom stereocenters. The molecule has 1 fully saturated rings. The van der Waals surface area contributed by atoms with Crippen LogP contribution in [0.5, 0.6) is 0 Å². The van der Waals surface area contributed by atoms with Gasteiger partial charge in [0, 0.05) is 19.6 Å². The van der Waals surface area contributed by atoms with E-state index in [0.717, 1.165) is 32.1 Å². The topological polar surface area (TPSA) is 35.6 Å². The standard InChI is InChI=1S/C21H23ClF3N3O/c22-18-9-4-8-17(21(23,24)25)20(18)26-19(29)15-28-11-5-10-27(12-13-28)14-16-6-2-1-3-7-16/h1-4,6-9H,5,10-15H2,(H,26,29). The molecular formula is C21H23ClF3N3O. The van der Waals surface area contributed by atoms with E-state index in [1.807, 2.05) is 23.1 Å². The number of amides is 1. The molecule has 2 aromatic carbocycles. The van der Waals surface area contributed by atoms with Gasteiger partial charge in [-0.05, 0) is 37.2 Å². The van der Waals surface area contributed by atoms with Gasteiger partial charge in [0.05, 0.1) is 22.8 Å². The molecule has 0 atom stereocenters. The minimum Gasteiger partial charge on any atom is -0.323 e. The Labute approximate surface area is 173 Å². The molecule has 2 aromatic rings. The summed E-state index contributed by atoms with van der Waals surface area (Å²) < 4.78 is 39.6. The predicted molar refractivity (Wildman–Crippen MR) is 108 cm³/mol. The molecule has 0 bridgehead atoms. The first-order valence-electron chi connectivity index (χ1n) is 9.47. The molecule has 3 rings (SSSR count). The van der Waals surface area contributed by atoms with Crippen molar-refractivity contribution in [2.45, 2.75) is 19.1 Å². The maximum absolute atomic E-state index is 13.2. The molecule has 1 aliphatic rings. The lowest BCUT2D eigenvalue weighted by Gasteiger charge is -2.22. The molecule has 8 heteroatoms. The van der Waals surface area contributed by atoms with Crippen LogP contribution in [-0.4, -0.2) is 48.4 Å². The summed E-state index contributed by atoms with van der Waals surface area (Å²) in [5.74, 6) is -0.500. The number of nitrogens with zero attached hydrogens (tertiary/aromatic N) is 2. The molecule has 1 amide bonds. The van der Waals surface area contributed by atoms with Gasteiger partial charge in [0.1, 0.15) is 0 Å². The number of rotatable bonds is 5. The second-order valence-corrected chi connectivity index (χ2v) is 7.51. The van der Waals surface area contributed by atoms with Gasteiger partial charge in [-0.3, -0.25) is 14.6 Å². The molecule has 0 aliphatic carbocycles. The lowest BCUT2D eigenvalue weighted by atomic mass is 10.1. The predicted octanol–water partition coefficient (Wildman–Crippen LogP) is 4.51. The van der Waals surface area contributed by atoms with Crippen molar-refractivity contribution >= 4 is 23.2 Å². The van der Waals surface area contributed by atoms with Crippen LogP contribution in [0.15, 0.2) is 48.5 Å². The van der Waals surface area contributed by atoms with Crippen LogP contribution in [0.2, 0.25) is 5.02 Å². The summed E-state index contributed by atoms with van der Waals surface area (Å²) in [6.45, 7) is 3.97. The lowest BCUT2D eigenvalue weighted by molar-refractivity contribution is -0.137. The van der Waals surface area contributed by atoms with Crippen LogP contribution in [0.4, 0.5) is 18.9 Å². The third-order valence-electron chi connectivity index (χ3n) is 4.88. The van der Waals surface area contributed by atoms with E-state index in [1.54, 1.807) is 0 Å². The fraction of sp³-hybridized carbons (Fsp3) is 0.381. The molecule has 0 saturated carbocycles. The number of nitrogens with one attached hydrogen (secondary N) is 1. The molecule has 1 saturated heterocycles. The van der Waals surface area contributed by atoms with Crippen LogP contribution in [0, 0.1) is 0 Å². The van der Waals surface area contributed by atoms with Crippen LogP contribution in [-0.2, 0) is 17.5 Å². The molecule has 29 heavy (non-hydrogen) atoms. The van der Waals surface area contributed by atoms with E-state index in [-0.39, 0.29) is 17.3 Å². The second-order valence-electron chi connectivity index (χ2n) is 7.10. The number of para-hydroxylation sites is 1. The zero-order chi connectivity index (χ0) is 20.9. The Morgan fingerprint density at radius 3 is 2.38 bits per heavy atom. The Balaban J connectivity index is 1.57. The number of hydrogen-bond acceptors (Lipinski definition) is 3. The summed E-state index contributed by atoms with van der Waals surface area (Å²) in [5.41, 5.74) is -0.0902. The highest BCUT2D eigenvalue weighted by molar-refractivity contribution is 6.34. The van der Waals surface area contributed by atoms with Crippen molar-refractivity contribution in [1.82, 2.24) is 9.80 Å². The van der Waals surface area contributed by atoms with E-state index >= 15 is 0 Å². The van der Waals surface area contributed by atoms with Gasteiger partial charge >= 0.3 is 6.18 Å². The Morgan fingerprint density at radius 2 is 1.66 bits per heavy atom. The van der Waals surface area contributed by atoms with Crippen molar-refractivity contribution in [3.63, 3.8) is 0 Å². The van der Waals surface area contributed by atoms with Gasteiger partial charge < -0.3 is 5.32 Å². The fourth-order valence-corrected chi connectivity index (χ4v) is 3.67. The van der Waals surface area contributed by atoms with Crippen molar-refractivity contribution in [3.8, 4) is 0 Å². The summed E-state index contributed by atoms with van der Waals surface area (Å²) >= 11 is 5.91. The average molecular weight is 426 g/mol. The van der Waals surface area contributed by atoms with Crippen LogP contribution >= 0.6 is 11.6 Å². The second kappa shape index (κ2) is 9.61. The smallest absolute Gasteiger partial charge is 0.323 e. The number of carbonyl (C=O) groups excluding carboxylic acids is 1. The molecule has 0 radical (unpaired) electrons. The van der Waals surface area contributed by atoms with Crippen molar-refractivity contribution in [2.24, 2.45) is 0 Å². The summed E-state index contributed by atoms with van der Waals surface area (Å²) in [5, 5.41) is 2.23. The van der Waals surface area contributed by atoms with Gasteiger partial charge in [0.2, 0.25) is 5.91 Å². The van der Waals surface area contributed by atoms with Gasteiger partial charge in [0.15, 0.2) is 0 Å². The zero-order valence-electron chi connectivity index (χ0n) is 15.9. The summed E-state index contributed by atoms with van der Waals surface area (Å²) in [6.07, 6.45) is -3.70. The van der Waals surface area contributed by atoms with Gasteiger partial charge in [-0.2, -0.15) is 13.2 Å². The molecule has 0 aromatic heterocycles. The summed E-state index contributed by atoms with van der Waals surface area (Å²) in [4.78, 5) is 16.7. The number of carbonyl (C=O) groups is 1. The molecular weight excluding hydrogens is 403 g/mol. The lowest BCUT2D eigenvalue weighted by Crippen LogP contribution is -2.36. The zero-order valence-corrected chi connectivity index (χ0v) is 16.6. The van der Waals surface area contributed by atoms with Crippen molar-refractivity contribution in [1.29, 1.82) is 0 Å². The molecule has 1 N–H and O–H groups in total. The normalized spacial score (nSPS) is 16.4. The Bertz CT molecular complexity index is 830. The Kier molecular flexibility index (Phi) is 7.16. The molecule has 1 aliphatic heterocycles. The summed E-state index contributed by atoms with van der Waals surface area (Å²) in [6, 6.07) is 13.6. The van der Waals surface area contributed by atoms with E-state index < -0.39 is 17.6 Å². The first kappa shape index (κ1) is 21.6. The number of halogens is 4. The van der Waals surface area contributed by atoms with Gasteiger partial charge in [-0.1, -0.05) is 48.0 Å². The highest BCUT2D eigenvalue weighted by Crippen LogP contribution is 2.38. The number of benzene rings is 2. The SMILES string of the molecule is O=C(CN1CCCN(Cc2ccccc2)CC1)Nc1c(Cl)cccc1C(F)(F)F. The fourth-order valence-electron chi connectivity index (χ4n) is 3.45. The largest absolute Gasteiger partial charge is 0.418 e. The number of hydrogen-bond donors (Lipinski definition) is 1. The first-order chi connectivity index (χ1) is 13.8. The van der Waals surface area contributed by atoms with Crippen LogP contribution in [0.1, 0.15) is 17.5 Å². The van der Waals surface area contributed by atoms with E-state index in [1.165, 1.54) is 17.7 Å².